The lowest BCUT2D eigenvalue weighted by Crippen LogP contribution is -2.57. The molecular weight excluding hydrogens is 230 g/mol. The van der Waals surface area contributed by atoms with Crippen molar-refractivity contribution < 1.29 is 0 Å². The SMILES string of the molecule is CC.CC.CC1=C(C)C2(CC1)CCN(C)C1CCC12. The van der Waals surface area contributed by atoms with Crippen molar-refractivity contribution in [3.8, 4) is 0 Å². The van der Waals surface area contributed by atoms with Crippen LogP contribution in [0.2, 0.25) is 0 Å². The summed E-state index contributed by atoms with van der Waals surface area (Å²) in [5.41, 5.74) is 4.11. The molecule has 3 aliphatic rings. The van der Waals surface area contributed by atoms with Gasteiger partial charge in [-0.3, -0.25) is 0 Å². The van der Waals surface area contributed by atoms with Gasteiger partial charge in [-0.2, -0.15) is 0 Å². The molecule has 0 amide bonds. The van der Waals surface area contributed by atoms with Gasteiger partial charge in [-0.1, -0.05) is 38.8 Å². The second kappa shape index (κ2) is 6.92. The lowest BCUT2D eigenvalue weighted by atomic mass is 9.55. The topological polar surface area (TPSA) is 3.24 Å². The standard InChI is InChI=1S/C14H23N.2C2H6/c1-10-6-7-14(11(10)2)8-9-15(3)13-5-4-12(13)14;2*1-2/h12-13H,4-9H2,1-3H3;2*1-2H3. The maximum Gasteiger partial charge on any atom is 0.0129 e. The molecule has 0 N–H and O–H groups in total. The molecule has 2 aliphatic carbocycles. The van der Waals surface area contributed by atoms with E-state index in [1.54, 1.807) is 11.1 Å². The Labute approximate surface area is 121 Å². The number of rotatable bonds is 0. The van der Waals surface area contributed by atoms with Gasteiger partial charge in [0.25, 0.3) is 0 Å². The third kappa shape index (κ3) is 2.63. The highest BCUT2D eigenvalue weighted by Gasteiger charge is 2.54. The summed E-state index contributed by atoms with van der Waals surface area (Å²) in [5.74, 6) is 0.994. The first kappa shape index (κ1) is 16.8. The van der Waals surface area contributed by atoms with Gasteiger partial charge in [0.05, 0.1) is 0 Å². The molecule has 1 spiro atoms. The van der Waals surface area contributed by atoms with Crippen molar-refractivity contribution in [1.29, 1.82) is 0 Å². The monoisotopic (exact) mass is 265 g/mol. The molecule has 3 rings (SSSR count). The first-order chi connectivity index (χ1) is 9.15. The van der Waals surface area contributed by atoms with Crippen LogP contribution in [0.4, 0.5) is 0 Å². The minimum absolute atomic E-state index is 0.638. The Balaban J connectivity index is 0.000000415. The van der Waals surface area contributed by atoms with Crippen molar-refractivity contribution in [3.63, 3.8) is 0 Å². The summed E-state index contributed by atoms with van der Waals surface area (Å²) in [4.78, 5) is 2.61. The Morgan fingerprint density at radius 3 is 2.05 bits per heavy atom. The van der Waals surface area contributed by atoms with Crippen LogP contribution in [0.25, 0.3) is 0 Å². The lowest BCUT2D eigenvalue weighted by Gasteiger charge is -2.57. The highest BCUT2D eigenvalue weighted by molar-refractivity contribution is 5.29. The van der Waals surface area contributed by atoms with Crippen LogP contribution in [0.1, 0.15) is 73.6 Å². The van der Waals surface area contributed by atoms with Crippen molar-refractivity contribution in [1.82, 2.24) is 4.90 Å². The fourth-order valence-corrected chi connectivity index (χ4v) is 4.37. The van der Waals surface area contributed by atoms with E-state index in [0.717, 1.165) is 12.0 Å². The molecule has 1 saturated carbocycles. The van der Waals surface area contributed by atoms with Crippen molar-refractivity contribution >= 4 is 0 Å². The van der Waals surface area contributed by atoms with Crippen molar-refractivity contribution in [2.45, 2.75) is 79.7 Å². The van der Waals surface area contributed by atoms with Gasteiger partial charge in [-0.15, -0.1) is 0 Å². The van der Waals surface area contributed by atoms with Crippen molar-refractivity contribution in [2.75, 3.05) is 13.6 Å². The first-order valence-electron chi connectivity index (χ1n) is 8.52. The molecule has 1 heteroatoms. The van der Waals surface area contributed by atoms with Crippen LogP contribution >= 0.6 is 0 Å². The van der Waals surface area contributed by atoms with Crippen molar-refractivity contribution in [3.05, 3.63) is 11.1 Å². The van der Waals surface area contributed by atoms with E-state index in [1.165, 1.54) is 38.6 Å². The number of nitrogens with zero attached hydrogens (tertiary/aromatic N) is 1. The minimum atomic E-state index is 0.638. The summed E-state index contributed by atoms with van der Waals surface area (Å²) in [6, 6.07) is 0.916. The average Bonchev–Trinajstić information content (AvgIpc) is 2.68. The van der Waals surface area contributed by atoms with E-state index in [0.29, 0.717) is 5.41 Å². The Kier molecular flexibility index (Phi) is 6.11. The molecule has 3 atom stereocenters. The molecule has 0 aromatic rings. The quantitative estimate of drug-likeness (QED) is 0.539. The highest BCUT2D eigenvalue weighted by Crippen LogP contribution is 2.59. The van der Waals surface area contributed by atoms with Crippen LogP contribution in [-0.2, 0) is 0 Å². The van der Waals surface area contributed by atoms with Gasteiger partial charge >= 0.3 is 0 Å². The van der Waals surface area contributed by atoms with Gasteiger partial charge in [0, 0.05) is 6.04 Å². The number of hydrogen-bond donors (Lipinski definition) is 0. The van der Waals surface area contributed by atoms with Crippen LogP contribution in [0, 0.1) is 11.3 Å². The zero-order valence-electron chi connectivity index (χ0n) is 14.3. The Morgan fingerprint density at radius 1 is 1.00 bits per heavy atom. The normalized spacial score (nSPS) is 36.8. The van der Waals surface area contributed by atoms with Gasteiger partial charge < -0.3 is 4.90 Å². The van der Waals surface area contributed by atoms with Crippen LogP contribution in [0.5, 0.6) is 0 Å². The van der Waals surface area contributed by atoms with E-state index in [9.17, 15) is 0 Å². The molecule has 1 saturated heterocycles. The van der Waals surface area contributed by atoms with Crippen LogP contribution < -0.4 is 0 Å². The van der Waals surface area contributed by atoms with E-state index in [1.807, 2.05) is 27.7 Å². The summed E-state index contributed by atoms with van der Waals surface area (Å²) in [5, 5.41) is 0. The van der Waals surface area contributed by atoms with Crippen LogP contribution in [-0.4, -0.2) is 24.5 Å². The summed E-state index contributed by atoms with van der Waals surface area (Å²) >= 11 is 0. The number of hydrogen-bond acceptors (Lipinski definition) is 1. The summed E-state index contributed by atoms with van der Waals surface area (Å²) in [7, 11) is 2.32. The van der Waals surface area contributed by atoms with Gasteiger partial charge in [-0.05, 0) is 70.9 Å². The molecule has 0 aromatic carbocycles. The van der Waals surface area contributed by atoms with E-state index in [4.69, 9.17) is 0 Å². The number of fused-ring (bicyclic) bond motifs is 2. The number of likely N-dealkylation sites (tertiary alicyclic amines) is 1. The average molecular weight is 265 g/mol. The summed E-state index contributed by atoms with van der Waals surface area (Å²) in [6.45, 7) is 14.1. The molecule has 2 fully saturated rings. The van der Waals surface area contributed by atoms with Crippen molar-refractivity contribution in [2.24, 2.45) is 11.3 Å². The van der Waals surface area contributed by atoms with E-state index < -0.39 is 0 Å². The smallest absolute Gasteiger partial charge is 0.0129 e. The fourth-order valence-electron chi connectivity index (χ4n) is 4.37. The molecule has 112 valence electrons. The molecule has 0 bridgehead atoms. The van der Waals surface area contributed by atoms with Gasteiger partial charge in [0.15, 0.2) is 0 Å². The molecule has 0 radical (unpaired) electrons. The largest absolute Gasteiger partial charge is 0.303 e. The minimum Gasteiger partial charge on any atom is -0.303 e. The maximum atomic E-state index is 2.61. The Hall–Kier alpha value is -0.300. The second-order valence-electron chi connectivity index (χ2n) is 6.04. The zero-order chi connectivity index (χ0) is 14.6. The molecular formula is C18H35N. The van der Waals surface area contributed by atoms with Gasteiger partial charge in [0.1, 0.15) is 0 Å². The van der Waals surface area contributed by atoms with E-state index in [2.05, 4.69) is 25.8 Å². The number of piperidine rings is 1. The third-order valence-electron chi connectivity index (χ3n) is 5.76. The second-order valence-corrected chi connectivity index (χ2v) is 6.04. The Morgan fingerprint density at radius 2 is 1.63 bits per heavy atom. The first-order valence-corrected chi connectivity index (χ1v) is 8.52. The predicted octanol–water partition coefficient (Wildman–Crippen LogP) is 5.27. The molecule has 1 nitrogen and oxygen atoms in total. The zero-order valence-corrected chi connectivity index (χ0v) is 14.3. The number of allylic oxidation sites excluding steroid dienone is 2. The predicted molar refractivity (Wildman–Crippen MR) is 86.5 cm³/mol. The molecule has 0 aromatic heterocycles. The highest BCUT2D eigenvalue weighted by atomic mass is 15.2. The molecule has 1 aliphatic heterocycles. The Bertz CT molecular complexity index is 318. The van der Waals surface area contributed by atoms with Crippen LogP contribution in [0.3, 0.4) is 0 Å². The van der Waals surface area contributed by atoms with Gasteiger partial charge in [0.2, 0.25) is 0 Å². The van der Waals surface area contributed by atoms with Crippen LogP contribution in [0.15, 0.2) is 11.1 Å². The van der Waals surface area contributed by atoms with E-state index >= 15 is 0 Å². The molecule has 1 heterocycles. The van der Waals surface area contributed by atoms with Gasteiger partial charge in [-0.25, -0.2) is 0 Å². The van der Waals surface area contributed by atoms with E-state index in [-0.39, 0.29) is 0 Å². The summed E-state index contributed by atoms with van der Waals surface area (Å²) < 4.78 is 0. The summed E-state index contributed by atoms with van der Waals surface area (Å²) in [6.07, 6.45) is 7.20. The lowest BCUT2D eigenvalue weighted by molar-refractivity contribution is -0.0480. The maximum absolute atomic E-state index is 2.61. The fraction of sp³-hybridized carbons (Fsp3) is 0.889. The third-order valence-corrected chi connectivity index (χ3v) is 5.76. The molecule has 19 heavy (non-hydrogen) atoms. The molecule has 3 unspecified atom stereocenters.